The summed E-state index contributed by atoms with van der Waals surface area (Å²) in [4.78, 5) is 40.2. The van der Waals surface area contributed by atoms with Crippen LogP contribution >= 0.6 is 11.8 Å². The minimum absolute atomic E-state index is 0.0357. The lowest BCUT2D eigenvalue weighted by molar-refractivity contribution is -0.120. The third-order valence-electron chi connectivity index (χ3n) is 2.01. The second-order valence-electron chi connectivity index (χ2n) is 3.35. The summed E-state index contributed by atoms with van der Waals surface area (Å²) >= 11 is 1.11. The standard InChI is InChI=1S/C10H14N4O3S/c1-11-7(15)3-6-4-8(16)14-10(13-6)18-5-9(17)12-2/h4H,3,5H2,1-2H3,(H,11,15)(H,12,17)(H,13,14,16). The first kappa shape index (κ1) is 14.2. The van der Waals surface area contributed by atoms with Gasteiger partial charge >= 0.3 is 0 Å². The topological polar surface area (TPSA) is 104 Å². The number of H-pyrrole nitrogens is 1. The van der Waals surface area contributed by atoms with Crippen molar-refractivity contribution in [2.24, 2.45) is 0 Å². The third kappa shape index (κ3) is 4.58. The van der Waals surface area contributed by atoms with Crippen LogP contribution in [0.3, 0.4) is 0 Å². The summed E-state index contributed by atoms with van der Waals surface area (Å²) in [5.74, 6) is -0.238. The van der Waals surface area contributed by atoms with E-state index in [0.717, 1.165) is 11.8 Å². The monoisotopic (exact) mass is 270 g/mol. The number of nitrogens with zero attached hydrogens (tertiary/aromatic N) is 1. The Morgan fingerprint density at radius 2 is 2.00 bits per heavy atom. The molecule has 3 N–H and O–H groups in total. The molecule has 98 valence electrons. The van der Waals surface area contributed by atoms with Crippen molar-refractivity contribution >= 4 is 23.6 Å². The van der Waals surface area contributed by atoms with E-state index in [9.17, 15) is 14.4 Å². The largest absolute Gasteiger partial charge is 0.359 e. The summed E-state index contributed by atoms with van der Waals surface area (Å²) in [5, 5.41) is 5.24. The van der Waals surface area contributed by atoms with Gasteiger partial charge < -0.3 is 15.6 Å². The molecule has 1 rings (SSSR count). The average molecular weight is 270 g/mol. The number of hydrogen-bond donors (Lipinski definition) is 3. The molecule has 1 aromatic heterocycles. The van der Waals surface area contributed by atoms with Gasteiger partial charge in [-0.2, -0.15) is 0 Å². The third-order valence-corrected chi connectivity index (χ3v) is 2.89. The summed E-state index contributed by atoms with van der Waals surface area (Å²) in [5.41, 5.74) is 0.0285. The molecule has 0 aliphatic carbocycles. The minimum atomic E-state index is -0.344. The van der Waals surface area contributed by atoms with Crippen LogP contribution in [0.25, 0.3) is 0 Å². The van der Waals surface area contributed by atoms with Gasteiger partial charge in [-0.3, -0.25) is 14.4 Å². The normalized spacial score (nSPS) is 9.89. The highest BCUT2D eigenvalue weighted by Crippen LogP contribution is 2.10. The Labute approximate surface area is 108 Å². The van der Waals surface area contributed by atoms with E-state index in [-0.39, 0.29) is 29.5 Å². The molecule has 2 amide bonds. The number of hydrogen-bond acceptors (Lipinski definition) is 5. The number of nitrogens with one attached hydrogen (secondary N) is 3. The van der Waals surface area contributed by atoms with Gasteiger partial charge in [-0.25, -0.2) is 4.98 Å². The molecule has 0 saturated heterocycles. The molecular weight excluding hydrogens is 256 g/mol. The molecule has 0 radical (unpaired) electrons. The zero-order chi connectivity index (χ0) is 13.5. The van der Waals surface area contributed by atoms with Crippen molar-refractivity contribution in [3.8, 4) is 0 Å². The highest BCUT2D eigenvalue weighted by Gasteiger charge is 2.07. The summed E-state index contributed by atoms with van der Waals surface area (Å²) in [6, 6.07) is 1.26. The van der Waals surface area contributed by atoms with Gasteiger partial charge in [0.05, 0.1) is 17.9 Å². The number of amides is 2. The maximum absolute atomic E-state index is 11.4. The Hall–Kier alpha value is -1.83. The molecule has 0 aliphatic rings. The zero-order valence-electron chi connectivity index (χ0n) is 10.1. The van der Waals surface area contributed by atoms with Crippen LogP contribution < -0.4 is 16.2 Å². The number of aromatic nitrogens is 2. The SMILES string of the molecule is CNC(=O)CSc1nc(CC(=O)NC)cc(=O)[nH]1. The average Bonchev–Trinajstić information content (AvgIpc) is 2.35. The number of thioether (sulfide) groups is 1. The maximum atomic E-state index is 11.4. The smallest absolute Gasteiger partial charge is 0.251 e. The molecule has 0 aliphatic heterocycles. The Balaban J connectivity index is 2.77. The first-order valence-corrected chi connectivity index (χ1v) is 6.18. The second-order valence-corrected chi connectivity index (χ2v) is 4.32. The van der Waals surface area contributed by atoms with Crippen molar-refractivity contribution in [1.82, 2.24) is 20.6 Å². The lowest BCUT2D eigenvalue weighted by Gasteiger charge is -2.03. The molecule has 0 saturated carbocycles. The second kappa shape index (κ2) is 6.80. The molecule has 0 fully saturated rings. The molecule has 0 atom stereocenters. The van der Waals surface area contributed by atoms with Gasteiger partial charge in [-0.05, 0) is 0 Å². The number of aromatic amines is 1. The highest BCUT2D eigenvalue weighted by molar-refractivity contribution is 7.99. The molecule has 18 heavy (non-hydrogen) atoms. The molecule has 0 aromatic carbocycles. The van der Waals surface area contributed by atoms with Crippen molar-refractivity contribution in [1.29, 1.82) is 0 Å². The first-order chi connectivity index (χ1) is 8.55. The van der Waals surface area contributed by atoms with E-state index in [1.54, 1.807) is 0 Å². The van der Waals surface area contributed by atoms with Crippen LogP contribution in [0.15, 0.2) is 16.0 Å². The molecule has 0 bridgehead atoms. The summed E-state index contributed by atoms with van der Waals surface area (Å²) in [7, 11) is 3.04. The zero-order valence-corrected chi connectivity index (χ0v) is 10.9. The van der Waals surface area contributed by atoms with Crippen molar-refractivity contribution in [3.63, 3.8) is 0 Å². The maximum Gasteiger partial charge on any atom is 0.251 e. The molecule has 0 unspecified atom stereocenters. The van der Waals surface area contributed by atoms with Gasteiger partial charge in [-0.1, -0.05) is 11.8 Å². The fourth-order valence-electron chi connectivity index (χ4n) is 1.10. The van der Waals surface area contributed by atoms with Gasteiger partial charge in [-0.15, -0.1) is 0 Å². The Bertz CT molecular complexity index is 500. The van der Waals surface area contributed by atoms with Crippen molar-refractivity contribution < 1.29 is 9.59 Å². The molecule has 1 aromatic rings. The van der Waals surface area contributed by atoms with Crippen LogP contribution in [0.5, 0.6) is 0 Å². The molecule has 0 spiro atoms. The van der Waals surface area contributed by atoms with E-state index in [0.29, 0.717) is 10.9 Å². The number of likely N-dealkylation sites (N-methyl/N-ethyl adjacent to an activating group) is 1. The minimum Gasteiger partial charge on any atom is -0.359 e. The first-order valence-electron chi connectivity index (χ1n) is 5.19. The summed E-state index contributed by atoms with van der Waals surface area (Å²) in [6.07, 6.45) is 0.0357. The predicted molar refractivity (Wildman–Crippen MR) is 67.4 cm³/mol. The highest BCUT2D eigenvalue weighted by atomic mass is 32.2. The summed E-state index contributed by atoms with van der Waals surface area (Å²) < 4.78 is 0. The van der Waals surface area contributed by atoms with Gasteiger partial charge in [0, 0.05) is 20.2 Å². The van der Waals surface area contributed by atoms with Crippen LogP contribution in [0, 0.1) is 0 Å². The Morgan fingerprint density at radius 1 is 1.33 bits per heavy atom. The molecule has 1 heterocycles. The Kier molecular flexibility index (Phi) is 5.37. The number of carbonyl (C=O) groups excluding carboxylic acids is 2. The number of carbonyl (C=O) groups is 2. The van der Waals surface area contributed by atoms with Gasteiger partial charge in [0.1, 0.15) is 0 Å². The molecule has 8 heteroatoms. The van der Waals surface area contributed by atoms with Crippen LogP contribution in [-0.2, 0) is 16.0 Å². The van der Waals surface area contributed by atoms with Crippen LogP contribution in [0.4, 0.5) is 0 Å². The van der Waals surface area contributed by atoms with Crippen LogP contribution in [0.1, 0.15) is 5.69 Å². The fourth-order valence-corrected chi connectivity index (χ4v) is 1.87. The van der Waals surface area contributed by atoms with E-state index >= 15 is 0 Å². The molecule has 7 nitrogen and oxygen atoms in total. The van der Waals surface area contributed by atoms with Crippen molar-refractivity contribution in [2.45, 2.75) is 11.6 Å². The van der Waals surface area contributed by atoms with Gasteiger partial charge in [0.25, 0.3) is 5.56 Å². The van der Waals surface area contributed by atoms with Crippen LogP contribution in [0.2, 0.25) is 0 Å². The summed E-state index contributed by atoms with van der Waals surface area (Å²) in [6.45, 7) is 0. The fraction of sp³-hybridized carbons (Fsp3) is 0.400. The van der Waals surface area contributed by atoms with E-state index in [1.165, 1.54) is 20.2 Å². The lowest BCUT2D eigenvalue weighted by atomic mass is 10.3. The van der Waals surface area contributed by atoms with Gasteiger partial charge in [0.2, 0.25) is 11.8 Å². The lowest BCUT2D eigenvalue weighted by Crippen LogP contribution is -2.23. The van der Waals surface area contributed by atoms with E-state index in [1.807, 2.05) is 0 Å². The Morgan fingerprint density at radius 3 is 2.61 bits per heavy atom. The van der Waals surface area contributed by atoms with Crippen molar-refractivity contribution in [2.75, 3.05) is 19.8 Å². The number of rotatable bonds is 5. The quantitative estimate of drug-likeness (QED) is 0.465. The van der Waals surface area contributed by atoms with Crippen LogP contribution in [-0.4, -0.2) is 41.6 Å². The van der Waals surface area contributed by atoms with Gasteiger partial charge in [0.15, 0.2) is 5.16 Å². The van der Waals surface area contributed by atoms with E-state index in [2.05, 4.69) is 20.6 Å². The van der Waals surface area contributed by atoms with E-state index in [4.69, 9.17) is 0 Å². The predicted octanol–water partition coefficient (Wildman–Crippen LogP) is -1.10. The van der Waals surface area contributed by atoms with E-state index < -0.39 is 0 Å². The molecular formula is C10H14N4O3S. The van der Waals surface area contributed by atoms with Crippen molar-refractivity contribution in [3.05, 3.63) is 22.1 Å².